The molecule has 0 aromatic carbocycles. The lowest BCUT2D eigenvalue weighted by Gasteiger charge is -2.21. The van der Waals surface area contributed by atoms with E-state index in [1.807, 2.05) is 0 Å². The molecule has 0 aromatic heterocycles. The van der Waals surface area contributed by atoms with Crippen molar-refractivity contribution >= 4 is 5.78 Å². The van der Waals surface area contributed by atoms with Crippen molar-refractivity contribution in [3.05, 3.63) is 24.3 Å². The Bertz CT molecular complexity index is 213. The Morgan fingerprint density at radius 3 is 2.67 bits per heavy atom. The van der Waals surface area contributed by atoms with E-state index >= 15 is 0 Å². The van der Waals surface area contributed by atoms with Crippen molar-refractivity contribution in [2.45, 2.75) is 26.7 Å². The van der Waals surface area contributed by atoms with Crippen LogP contribution in [0.2, 0.25) is 0 Å². The molecule has 2 atom stereocenters. The molecule has 1 aliphatic carbocycles. The van der Waals surface area contributed by atoms with Crippen molar-refractivity contribution < 1.29 is 4.79 Å². The van der Waals surface area contributed by atoms with Crippen LogP contribution in [0.25, 0.3) is 0 Å². The van der Waals surface area contributed by atoms with Crippen LogP contribution in [0.5, 0.6) is 0 Å². The van der Waals surface area contributed by atoms with Gasteiger partial charge in [0.1, 0.15) is 0 Å². The molecule has 1 aliphatic rings. The Kier molecular flexibility index (Phi) is 3.27. The Hall–Kier alpha value is -0.850. The second-order valence-corrected chi connectivity index (χ2v) is 3.55. The molecule has 0 amide bonds. The van der Waals surface area contributed by atoms with Gasteiger partial charge in [0.25, 0.3) is 0 Å². The zero-order chi connectivity index (χ0) is 8.97. The average molecular weight is 164 g/mol. The van der Waals surface area contributed by atoms with Crippen LogP contribution in [0.4, 0.5) is 0 Å². The molecule has 0 heterocycles. The Labute approximate surface area is 74.2 Å². The summed E-state index contributed by atoms with van der Waals surface area (Å²) in [5.41, 5.74) is 0. The van der Waals surface area contributed by atoms with Crippen LogP contribution in [-0.2, 0) is 4.79 Å². The van der Waals surface area contributed by atoms with E-state index in [-0.39, 0.29) is 5.78 Å². The lowest BCUT2D eigenvalue weighted by molar-refractivity contribution is -0.112. The quantitative estimate of drug-likeness (QED) is 0.453. The number of allylic oxidation sites excluding steroid dienone is 4. The zero-order valence-corrected chi connectivity index (χ0v) is 7.79. The molecule has 0 saturated heterocycles. The molecule has 0 radical (unpaired) electrons. The number of carbonyl (C=O) groups is 1. The Balaban J connectivity index is 2.51. The molecule has 0 aromatic rings. The van der Waals surface area contributed by atoms with E-state index in [1.54, 1.807) is 13.0 Å². The third-order valence-electron chi connectivity index (χ3n) is 2.39. The van der Waals surface area contributed by atoms with Crippen molar-refractivity contribution in [1.82, 2.24) is 0 Å². The van der Waals surface area contributed by atoms with E-state index in [2.05, 4.69) is 25.2 Å². The van der Waals surface area contributed by atoms with Crippen LogP contribution in [0.3, 0.4) is 0 Å². The third kappa shape index (κ3) is 2.65. The normalized spacial score (nSPS) is 29.5. The van der Waals surface area contributed by atoms with Gasteiger partial charge in [-0.05, 0) is 37.7 Å². The van der Waals surface area contributed by atoms with E-state index in [4.69, 9.17) is 0 Å². The monoisotopic (exact) mass is 164 g/mol. The number of hydrogen-bond donors (Lipinski definition) is 0. The topological polar surface area (TPSA) is 17.1 Å². The fourth-order valence-corrected chi connectivity index (χ4v) is 1.50. The van der Waals surface area contributed by atoms with Crippen LogP contribution in [0.1, 0.15) is 26.7 Å². The zero-order valence-electron chi connectivity index (χ0n) is 7.79. The molecular weight excluding hydrogens is 148 g/mol. The minimum absolute atomic E-state index is 0.150. The molecule has 1 heteroatoms. The van der Waals surface area contributed by atoms with E-state index in [0.717, 1.165) is 12.8 Å². The minimum atomic E-state index is 0.150. The van der Waals surface area contributed by atoms with Gasteiger partial charge in [-0.1, -0.05) is 25.2 Å². The van der Waals surface area contributed by atoms with E-state index in [9.17, 15) is 4.79 Å². The highest BCUT2D eigenvalue weighted by Crippen LogP contribution is 2.25. The molecule has 1 rings (SSSR count). The van der Waals surface area contributed by atoms with Crippen LogP contribution in [-0.4, -0.2) is 5.78 Å². The highest BCUT2D eigenvalue weighted by Gasteiger charge is 2.14. The van der Waals surface area contributed by atoms with Crippen molar-refractivity contribution in [2.75, 3.05) is 0 Å². The van der Waals surface area contributed by atoms with Gasteiger partial charge in [-0.15, -0.1) is 0 Å². The van der Waals surface area contributed by atoms with Gasteiger partial charge in [0, 0.05) is 0 Å². The summed E-state index contributed by atoms with van der Waals surface area (Å²) in [5.74, 6) is 1.40. The lowest BCUT2D eigenvalue weighted by atomic mass is 9.84. The summed E-state index contributed by atoms with van der Waals surface area (Å²) in [5, 5.41) is 0. The Morgan fingerprint density at radius 1 is 1.42 bits per heavy atom. The first-order valence-electron chi connectivity index (χ1n) is 4.54. The maximum absolute atomic E-state index is 10.7. The molecule has 0 N–H and O–H groups in total. The Morgan fingerprint density at radius 2 is 2.08 bits per heavy atom. The summed E-state index contributed by atoms with van der Waals surface area (Å²) in [6.07, 6.45) is 10.4. The van der Waals surface area contributed by atoms with Gasteiger partial charge in [-0.25, -0.2) is 0 Å². The highest BCUT2D eigenvalue weighted by molar-refractivity contribution is 5.87. The first-order valence-corrected chi connectivity index (χ1v) is 4.54. The van der Waals surface area contributed by atoms with Gasteiger partial charge in [0.05, 0.1) is 0 Å². The molecule has 0 saturated carbocycles. The van der Waals surface area contributed by atoms with Crippen molar-refractivity contribution in [3.63, 3.8) is 0 Å². The predicted molar refractivity (Wildman–Crippen MR) is 50.8 cm³/mol. The fraction of sp³-hybridized carbons (Fsp3) is 0.545. The van der Waals surface area contributed by atoms with Crippen LogP contribution >= 0.6 is 0 Å². The van der Waals surface area contributed by atoms with Crippen LogP contribution in [0, 0.1) is 11.8 Å². The first kappa shape index (κ1) is 9.24. The summed E-state index contributed by atoms with van der Waals surface area (Å²) < 4.78 is 0. The standard InChI is InChI=1S/C11H16O/c1-9-5-3-4-6-11(9)8-7-10(2)12/h3-4,7-9,11H,5-6H2,1-2H3/b8-7+. The summed E-state index contributed by atoms with van der Waals surface area (Å²) in [7, 11) is 0. The SMILES string of the molecule is CC(=O)/C=C/C1CC=CCC1C. The van der Waals surface area contributed by atoms with Gasteiger partial charge in [0.15, 0.2) is 5.78 Å². The largest absolute Gasteiger partial charge is 0.295 e. The second-order valence-electron chi connectivity index (χ2n) is 3.55. The fourth-order valence-electron chi connectivity index (χ4n) is 1.50. The van der Waals surface area contributed by atoms with E-state index in [1.165, 1.54) is 0 Å². The number of ketones is 1. The summed E-state index contributed by atoms with van der Waals surface area (Å²) in [6.45, 7) is 3.83. The molecular formula is C11H16O. The van der Waals surface area contributed by atoms with Crippen LogP contribution < -0.4 is 0 Å². The van der Waals surface area contributed by atoms with Crippen molar-refractivity contribution in [1.29, 1.82) is 0 Å². The lowest BCUT2D eigenvalue weighted by Crippen LogP contribution is -2.11. The maximum atomic E-state index is 10.7. The van der Waals surface area contributed by atoms with Crippen molar-refractivity contribution in [2.24, 2.45) is 11.8 Å². The molecule has 66 valence electrons. The molecule has 0 bridgehead atoms. The number of carbonyl (C=O) groups excluding carboxylic acids is 1. The first-order chi connectivity index (χ1) is 5.70. The third-order valence-corrected chi connectivity index (χ3v) is 2.39. The molecule has 0 spiro atoms. The molecule has 0 aliphatic heterocycles. The van der Waals surface area contributed by atoms with E-state index in [0.29, 0.717) is 11.8 Å². The number of rotatable bonds is 2. The average Bonchev–Trinajstić information content (AvgIpc) is 2.03. The summed E-state index contributed by atoms with van der Waals surface area (Å²) >= 11 is 0. The van der Waals surface area contributed by atoms with Crippen LogP contribution in [0.15, 0.2) is 24.3 Å². The van der Waals surface area contributed by atoms with Gasteiger partial charge in [-0.3, -0.25) is 4.79 Å². The van der Waals surface area contributed by atoms with Gasteiger partial charge in [0.2, 0.25) is 0 Å². The van der Waals surface area contributed by atoms with Crippen molar-refractivity contribution in [3.8, 4) is 0 Å². The highest BCUT2D eigenvalue weighted by atomic mass is 16.1. The number of hydrogen-bond acceptors (Lipinski definition) is 1. The molecule has 12 heavy (non-hydrogen) atoms. The maximum Gasteiger partial charge on any atom is 0.152 e. The molecule has 1 nitrogen and oxygen atoms in total. The second kappa shape index (κ2) is 4.24. The molecule has 0 fully saturated rings. The summed E-state index contributed by atoms with van der Waals surface area (Å²) in [6, 6.07) is 0. The van der Waals surface area contributed by atoms with E-state index < -0.39 is 0 Å². The predicted octanol–water partition coefficient (Wildman–Crippen LogP) is 2.73. The molecule has 2 unspecified atom stereocenters. The van der Waals surface area contributed by atoms with Gasteiger partial charge >= 0.3 is 0 Å². The smallest absolute Gasteiger partial charge is 0.152 e. The summed E-state index contributed by atoms with van der Waals surface area (Å²) in [4.78, 5) is 10.7. The van der Waals surface area contributed by atoms with Gasteiger partial charge < -0.3 is 0 Å². The van der Waals surface area contributed by atoms with Gasteiger partial charge in [-0.2, -0.15) is 0 Å². The minimum Gasteiger partial charge on any atom is -0.295 e.